The van der Waals surface area contributed by atoms with E-state index in [9.17, 15) is 8.78 Å². The number of nitrogens with one attached hydrogen (secondary N) is 1. The fraction of sp³-hybridized carbons (Fsp3) is 0.538. The molecule has 0 amide bonds. The van der Waals surface area contributed by atoms with Crippen LogP contribution in [0.15, 0.2) is 24.7 Å². The minimum atomic E-state index is -2.38. The van der Waals surface area contributed by atoms with Gasteiger partial charge in [0.1, 0.15) is 6.54 Å². The number of rotatable bonds is 7. The second-order valence-electron chi connectivity index (χ2n) is 4.93. The van der Waals surface area contributed by atoms with Gasteiger partial charge in [-0.2, -0.15) is 10.2 Å². The molecule has 8 heteroatoms. The van der Waals surface area contributed by atoms with Gasteiger partial charge in [-0.15, -0.1) is 12.4 Å². The van der Waals surface area contributed by atoms with Crippen molar-refractivity contribution in [2.75, 3.05) is 0 Å². The van der Waals surface area contributed by atoms with Crippen molar-refractivity contribution in [2.45, 2.75) is 45.9 Å². The zero-order valence-electron chi connectivity index (χ0n) is 12.0. The Bertz CT molecular complexity index is 538. The van der Waals surface area contributed by atoms with E-state index in [2.05, 4.69) is 29.4 Å². The van der Waals surface area contributed by atoms with Gasteiger partial charge in [0.2, 0.25) is 0 Å². The van der Waals surface area contributed by atoms with E-state index in [0.717, 1.165) is 11.3 Å². The van der Waals surface area contributed by atoms with Crippen LogP contribution in [0.3, 0.4) is 0 Å². The third-order valence-corrected chi connectivity index (χ3v) is 2.89. The normalized spacial score (nSPS) is 11.1. The Morgan fingerprint density at radius 1 is 1.24 bits per heavy atom. The van der Waals surface area contributed by atoms with Crippen molar-refractivity contribution in [2.24, 2.45) is 0 Å². The van der Waals surface area contributed by atoms with Crippen molar-refractivity contribution < 1.29 is 8.78 Å². The molecule has 0 saturated heterocycles. The Morgan fingerprint density at radius 2 is 2.00 bits per heavy atom. The number of alkyl halides is 2. The van der Waals surface area contributed by atoms with Crippen LogP contribution in [0.4, 0.5) is 8.78 Å². The Hall–Kier alpha value is -1.47. The summed E-state index contributed by atoms with van der Waals surface area (Å²) in [6.07, 6.45) is 2.64. The van der Waals surface area contributed by atoms with Gasteiger partial charge >= 0.3 is 0 Å². The molecule has 0 aliphatic rings. The molecule has 5 nitrogen and oxygen atoms in total. The monoisotopic (exact) mass is 319 g/mol. The van der Waals surface area contributed by atoms with Crippen LogP contribution in [-0.4, -0.2) is 26.0 Å². The zero-order chi connectivity index (χ0) is 14.5. The van der Waals surface area contributed by atoms with Crippen LogP contribution in [0.2, 0.25) is 0 Å². The van der Waals surface area contributed by atoms with Crippen molar-refractivity contribution in [3.05, 3.63) is 35.9 Å². The van der Waals surface area contributed by atoms with Gasteiger partial charge in [0.25, 0.3) is 6.43 Å². The second kappa shape index (κ2) is 8.09. The third kappa shape index (κ3) is 5.09. The molecule has 2 rings (SSSR count). The highest BCUT2D eigenvalue weighted by Gasteiger charge is 2.07. The van der Waals surface area contributed by atoms with Crippen LogP contribution in [0.5, 0.6) is 0 Å². The molecule has 0 bridgehead atoms. The predicted octanol–water partition coefficient (Wildman–Crippen LogP) is 2.64. The summed E-state index contributed by atoms with van der Waals surface area (Å²) in [6, 6.07) is 2.28. The first-order valence-electron chi connectivity index (χ1n) is 6.59. The average Bonchev–Trinajstić information content (AvgIpc) is 2.98. The van der Waals surface area contributed by atoms with Gasteiger partial charge in [0.15, 0.2) is 0 Å². The van der Waals surface area contributed by atoms with Gasteiger partial charge < -0.3 is 5.32 Å². The SMILES string of the molecule is CC(C)n1nccc1CNCc1cnn(CC(F)F)c1.Cl. The number of hydrogen-bond donors (Lipinski definition) is 1. The molecule has 2 heterocycles. The van der Waals surface area contributed by atoms with Gasteiger partial charge in [-0.25, -0.2) is 8.78 Å². The number of halogens is 3. The van der Waals surface area contributed by atoms with E-state index in [-0.39, 0.29) is 19.0 Å². The maximum atomic E-state index is 12.2. The van der Waals surface area contributed by atoms with E-state index in [1.807, 2.05) is 10.7 Å². The standard InChI is InChI=1S/C13H19F2N5.ClH/c1-10(2)20-12(3-4-17-20)7-16-5-11-6-18-19(8-11)9-13(14)15;/h3-4,6,8,10,13,16H,5,7,9H2,1-2H3;1H. The largest absolute Gasteiger partial charge is 0.307 e. The van der Waals surface area contributed by atoms with Crippen LogP contribution in [0.25, 0.3) is 0 Å². The first-order chi connectivity index (χ1) is 9.56. The van der Waals surface area contributed by atoms with Crippen LogP contribution in [-0.2, 0) is 19.6 Å². The maximum absolute atomic E-state index is 12.2. The topological polar surface area (TPSA) is 47.7 Å². The maximum Gasteiger partial charge on any atom is 0.257 e. The van der Waals surface area contributed by atoms with Gasteiger partial charge in [0, 0.05) is 37.1 Å². The van der Waals surface area contributed by atoms with Gasteiger partial charge in [-0.3, -0.25) is 9.36 Å². The summed E-state index contributed by atoms with van der Waals surface area (Å²) < 4.78 is 27.6. The molecule has 2 aromatic rings. The molecule has 0 radical (unpaired) electrons. The molecule has 0 aliphatic heterocycles. The summed E-state index contributed by atoms with van der Waals surface area (Å²) in [5.41, 5.74) is 1.99. The van der Waals surface area contributed by atoms with Gasteiger partial charge in [-0.05, 0) is 19.9 Å². The van der Waals surface area contributed by atoms with Gasteiger partial charge in [0.05, 0.1) is 11.9 Å². The molecule has 0 atom stereocenters. The first kappa shape index (κ1) is 17.6. The summed E-state index contributed by atoms with van der Waals surface area (Å²) in [5, 5.41) is 11.4. The smallest absolute Gasteiger partial charge is 0.257 e. The predicted molar refractivity (Wildman–Crippen MR) is 78.6 cm³/mol. The van der Waals surface area contributed by atoms with Crippen LogP contribution < -0.4 is 5.32 Å². The molecule has 0 saturated carbocycles. The average molecular weight is 320 g/mol. The molecule has 1 N–H and O–H groups in total. The molecule has 0 unspecified atom stereocenters. The first-order valence-corrected chi connectivity index (χ1v) is 6.59. The fourth-order valence-electron chi connectivity index (χ4n) is 2.02. The number of aromatic nitrogens is 4. The summed E-state index contributed by atoms with van der Waals surface area (Å²) >= 11 is 0. The molecule has 0 fully saturated rings. The lowest BCUT2D eigenvalue weighted by molar-refractivity contribution is 0.122. The van der Waals surface area contributed by atoms with E-state index < -0.39 is 6.43 Å². The van der Waals surface area contributed by atoms with Crippen molar-refractivity contribution in [3.8, 4) is 0 Å². The van der Waals surface area contributed by atoms with Crippen LogP contribution in [0, 0.1) is 0 Å². The molecule has 21 heavy (non-hydrogen) atoms. The Morgan fingerprint density at radius 3 is 2.67 bits per heavy atom. The fourth-order valence-corrected chi connectivity index (χ4v) is 2.02. The summed E-state index contributed by atoms with van der Waals surface area (Å²) in [5.74, 6) is 0. The molecule has 0 aromatic carbocycles. The van der Waals surface area contributed by atoms with E-state index >= 15 is 0 Å². The summed E-state index contributed by atoms with van der Waals surface area (Å²) in [7, 11) is 0. The molecule has 0 aliphatic carbocycles. The van der Waals surface area contributed by atoms with Crippen LogP contribution in [0.1, 0.15) is 31.1 Å². The lowest BCUT2D eigenvalue weighted by Crippen LogP contribution is -2.17. The number of hydrogen-bond acceptors (Lipinski definition) is 3. The molecule has 2 aromatic heterocycles. The van der Waals surface area contributed by atoms with E-state index in [4.69, 9.17) is 0 Å². The molecular formula is C13H20ClF2N5. The van der Waals surface area contributed by atoms with Crippen molar-refractivity contribution in [3.63, 3.8) is 0 Å². The van der Waals surface area contributed by atoms with Gasteiger partial charge in [-0.1, -0.05) is 0 Å². The van der Waals surface area contributed by atoms with E-state index in [1.165, 1.54) is 4.68 Å². The van der Waals surface area contributed by atoms with E-state index in [1.54, 1.807) is 18.6 Å². The lowest BCUT2D eigenvalue weighted by Gasteiger charge is -2.11. The summed E-state index contributed by atoms with van der Waals surface area (Å²) in [6.45, 7) is 5.06. The number of nitrogens with zero attached hydrogens (tertiary/aromatic N) is 4. The minimum Gasteiger partial charge on any atom is -0.307 e. The summed E-state index contributed by atoms with van der Waals surface area (Å²) in [4.78, 5) is 0. The highest BCUT2D eigenvalue weighted by atomic mass is 35.5. The second-order valence-corrected chi connectivity index (χ2v) is 4.93. The van der Waals surface area contributed by atoms with Crippen molar-refractivity contribution in [1.82, 2.24) is 24.9 Å². The quantitative estimate of drug-likeness (QED) is 0.853. The highest BCUT2D eigenvalue weighted by molar-refractivity contribution is 5.85. The van der Waals surface area contributed by atoms with Crippen molar-refractivity contribution >= 4 is 12.4 Å². The molecular weight excluding hydrogens is 300 g/mol. The molecule has 118 valence electrons. The zero-order valence-corrected chi connectivity index (χ0v) is 12.9. The van der Waals surface area contributed by atoms with Crippen LogP contribution >= 0.6 is 12.4 Å². The highest BCUT2D eigenvalue weighted by Crippen LogP contribution is 2.08. The Kier molecular flexibility index (Phi) is 6.77. The van der Waals surface area contributed by atoms with E-state index in [0.29, 0.717) is 19.1 Å². The molecule has 0 spiro atoms. The minimum absolute atomic E-state index is 0. The lowest BCUT2D eigenvalue weighted by atomic mass is 10.3. The third-order valence-electron chi connectivity index (χ3n) is 2.89. The van der Waals surface area contributed by atoms with Crippen molar-refractivity contribution in [1.29, 1.82) is 0 Å². The Balaban J connectivity index is 0.00000220. The Labute approximate surface area is 128 Å².